The van der Waals surface area contributed by atoms with Crippen LogP contribution in [-0.4, -0.2) is 4.21 Å². The number of nitrogens with zero attached hydrogens (tertiary/aromatic N) is 2. The number of benzene rings is 2. The second-order valence-electron chi connectivity index (χ2n) is 3.74. The van der Waals surface area contributed by atoms with Gasteiger partial charge in [-0.3, -0.25) is 0 Å². The molecule has 5 heteroatoms. The second-order valence-corrected chi connectivity index (χ2v) is 5.19. The van der Waals surface area contributed by atoms with Crippen molar-refractivity contribution in [2.45, 2.75) is 9.79 Å². The van der Waals surface area contributed by atoms with Gasteiger partial charge in [-0.15, -0.1) is 0 Å². The van der Waals surface area contributed by atoms with Crippen LogP contribution in [0.2, 0.25) is 0 Å². The summed E-state index contributed by atoms with van der Waals surface area (Å²) in [4.78, 5) is 0.910. The highest BCUT2D eigenvalue weighted by Crippen LogP contribution is 2.23. The van der Waals surface area contributed by atoms with Gasteiger partial charge in [0, 0.05) is 4.90 Å². The van der Waals surface area contributed by atoms with E-state index in [1.807, 2.05) is 12.1 Å². The molecular weight excluding hydrogens is 258 g/mol. The summed E-state index contributed by atoms with van der Waals surface area (Å²) in [5.41, 5.74) is 6.72. The number of nitriles is 2. The largest absolute Gasteiger partial charge is 0.398 e. The van der Waals surface area contributed by atoms with Crippen molar-refractivity contribution in [1.82, 2.24) is 0 Å². The Hall–Kier alpha value is -2.63. The summed E-state index contributed by atoms with van der Waals surface area (Å²) in [7, 11) is -1.49. The lowest BCUT2D eigenvalue weighted by molar-refractivity contribution is 0.683. The minimum absolute atomic E-state index is 0.227. The van der Waals surface area contributed by atoms with E-state index in [4.69, 9.17) is 16.3 Å². The van der Waals surface area contributed by atoms with E-state index in [0.717, 1.165) is 0 Å². The van der Waals surface area contributed by atoms with Gasteiger partial charge in [-0.2, -0.15) is 10.5 Å². The van der Waals surface area contributed by atoms with Crippen LogP contribution in [0.15, 0.2) is 52.3 Å². The van der Waals surface area contributed by atoms with Crippen LogP contribution in [0, 0.1) is 22.7 Å². The zero-order valence-electron chi connectivity index (χ0n) is 9.83. The molecule has 0 aliphatic heterocycles. The Balaban J connectivity index is 2.48. The molecule has 0 fully saturated rings. The average molecular weight is 267 g/mol. The van der Waals surface area contributed by atoms with Crippen LogP contribution in [0.25, 0.3) is 0 Å². The van der Waals surface area contributed by atoms with Crippen molar-refractivity contribution < 1.29 is 4.21 Å². The predicted octanol–water partition coefficient (Wildman–Crippen LogP) is 2.18. The van der Waals surface area contributed by atoms with Gasteiger partial charge in [-0.25, -0.2) is 4.21 Å². The zero-order valence-corrected chi connectivity index (χ0v) is 10.6. The highest BCUT2D eigenvalue weighted by molar-refractivity contribution is 7.85. The van der Waals surface area contributed by atoms with E-state index in [-0.39, 0.29) is 5.56 Å². The van der Waals surface area contributed by atoms with Gasteiger partial charge < -0.3 is 5.73 Å². The maximum atomic E-state index is 12.4. The molecule has 0 heterocycles. The van der Waals surface area contributed by atoms with Gasteiger partial charge in [0.1, 0.15) is 6.07 Å². The molecule has 1 atom stereocenters. The Bertz CT molecular complexity index is 724. The fourth-order valence-electron chi connectivity index (χ4n) is 1.60. The lowest BCUT2D eigenvalue weighted by Crippen LogP contribution is -2.00. The van der Waals surface area contributed by atoms with E-state index in [2.05, 4.69) is 0 Å². The van der Waals surface area contributed by atoms with Crippen molar-refractivity contribution in [3.05, 3.63) is 53.6 Å². The summed E-state index contributed by atoms with van der Waals surface area (Å²) in [6, 6.07) is 15.2. The number of nitrogen functional groups attached to an aromatic ring is 1. The Morgan fingerprint density at radius 1 is 1.00 bits per heavy atom. The van der Waals surface area contributed by atoms with Crippen molar-refractivity contribution in [3.8, 4) is 12.1 Å². The van der Waals surface area contributed by atoms with E-state index in [1.165, 1.54) is 0 Å². The third-order valence-electron chi connectivity index (χ3n) is 2.57. The van der Waals surface area contributed by atoms with Crippen LogP contribution >= 0.6 is 0 Å². The van der Waals surface area contributed by atoms with Crippen molar-refractivity contribution in [1.29, 1.82) is 10.5 Å². The van der Waals surface area contributed by atoms with Gasteiger partial charge in [0.2, 0.25) is 0 Å². The van der Waals surface area contributed by atoms with Gasteiger partial charge in [0.15, 0.2) is 0 Å². The molecule has 0 saturated carbocycles. The highest BCUT2D eigenvalue weighted by atomic mass is 32.2. The van der Waals surface area contributed by atoms with E-state index in [0.29, 0.717) is 21.0 Å². The number of hydrogen-bond acceptors (Lipinski definition) is 4. The van der Waals surface area contributed by atoms with Crippen LogP contribution in [0.1, 0.15) is 11.1 Å². The highest BCUT2D eigenvalue weighted by Gasteiger charge is 2.14. The standard InChI is InChI=1S/C14H9N3OS/c15-8-10-4-6-11(7-5-10)19(18)14-3-1-2-13(17)12(14)9-16/h1-7H,17H2/t19-/m1/s1. The summed E-state index contributed by atoms with van der Waals surface area (Å²) < 4.78 is 12.4. The summed E-state index contributed by atoms with van der Waals surface area (Å²) in [6.45, 7) is 0. The van der Waals surface area contributed by atoms with Crippen molar-refractivity contribution in [2.24, 2.45) is 0 Å². The van der Waals surface area contributed by atoms with Crippen molar-refractivity contribution in [2.75, 3.05) is 5.73 Å². The average Bonchev–Trinajstić information content (AvgIpc) is 2.46. The lowest BCUT2D eigenvalue weighted by Gasteiger charge is -2.06. The van der Waals surface area contributed by atoms with Gasteiger partial charge in [0.05, 0.1) is 38.6 Å². The van der Waals surface area contributed by atoms with Crippen molar-refractivity contribution >= 4 is 16.5 Å². The van der Waals surface area contributed by atoms with E-state index in [9.17, 15) is 4.21 Å². The van der Waals surface area contributed by atoms with E-state index < -0.39 is 10.8 Å². The lowest BCUT2D eigenvalue weighted by atomic mass is 10.2. The Kier molecular flexibility index (Phi) is 3.61. The number of nitrogens with two attached hydrogens (primary N) is 1. The molecule has 0 aliphatic rings. The van der Waals surface area contributed by atoms with Crippen LogP contribution < -0.4 is 5.73 Å². The molecule has 2 aromatic rings. The van der Waals surface area contributed by atoms with Crippen LogP contribution in [0.5, 0.6) is 0 Å². The minimum Gasteiger partial charge on any atom is -0.398 e. The molecule has 0 aromatic heterocycles. The summed E-state index contributed by atoms with van der Waals surface area (Å²) >= 11 is 0. The number of anilines is 1. The van der Waals surface area contributed by atoms with Gasteiger partial charge in [0.25, 0.3) is 0 Å². The fraction of sp³-hybridized carbons (Fsp3) is 0. The molecule has 0 spiro atoms. The molecule has 0 aliphatic carbocycles. The maximum Gasteiger partial charge on any atom is 0.103 e. The first-order chi connectivity index (χ1) is 9.17. The predicted molar refractivity (Wildman–Crippen MR) is 71.4 cm³/mol. The minimum atomic E-state index is -1.49. The first kappa shape index (κ1) is 12.8. The molecule has 0 amide bonds. The molecule has 2 rings (SSSR count). The Morgan fingerprint density at radius 2 is 1.68 bits per heavy atom. The number of hydrogen-bond donors (Lipinski definition) is 1. The Labute approximate surface area is 113 Å². The molecule has 4 nitrogen and oxygen atoms in total. The normalized spacial score (nSPS) is 11.3. The molecule has 0 unspecified atom stereocenters. The third kappa shape index (κ3) is 2.47. The van der Waals surface area contributed by atoms with Crippen LogP contribution in [-0.2, 0) is 10.8 Å². The van der Waals surface area contributed by atoms with Crippen molar-refractivity contribution in [3.63, 3.8) is 0 Å². The maximum absolute atomic E-state index is 12.4. The van der Waals surface area contributed by atoms with Crippen LogP contribution in [0.4, 0.5) is 5.69 Å². The zero-order chi connectivity index (χ0) is 13.8. The Morgan fingerprint density at radius 3 is 2.26 bits per heavy atom. The van der Waals surface area contributed by atoms with E-state index in [1.54, 1.807) is 42.5 Å². The number of rotatable bonds is 2. The van der Waals surface area contributed by atoms with Gasteiger partial charge in [-0.1, -0.05) is 6.07 Å². The monoisotopic (exact) mass is 267 g/mol. The molecule has 0 saturated heterocycles. The smallest absolute Gasteiger partial charge is 0.103 e. The summed E-state index contributed by atoms with van der Waals surface area (Å²) in [5.74, 6) is 0. The summed E-state index contributed by atoms with van der Waals surface area (Å²) in [5, 5.41) is 17.8. The first-order valence-corrected chi connectivity index (χ1v) is 6.53. The summed E-state index contributed by atoms with van der Waals surface area (Å²) in [6.07, 6.45) is 0. The second kappa shape index (κ2) is 5.34. The first-order valence-electron chi connectivity index (χ1n) is 5.38. The SMILES string of the molecule is N#Cc1ccc([S@@](=O)c2cccc(N)c2C#N)cc1. The molecule has 0 radical (unpaired) electrons. The molecule has 19 heavy (non-hydrogen) atoms. The molecule has 2 N–H and O–H groups in total. The molecule has 92 valence electrons. The van der Waals surface area contributed by atoms with Crippen LogP contribution in [0.3, 0.4) is 0 Å². The van der Waals surface area contributed by atoms with E-state index >= 15 is 0 Å². The molecule has 0 bridgehead atoms. The van der Waals surface area contributed by atoms with Gasteiger partial charge in [-0.05, 0) is 36.4 Å². The molecule has 2 aromatic carbocycles. The quantitative estimate of drug-likeness (QED) is 0.844. The van der Waals surface area contributed by atoms with Gasteiger partial charge >= 0.3 is 0 Å². The third-order valence-corrected chi connectivity index (χ3v) is 4.01. The molecular formula is C14H9N3OS. The fourth-order valence-corrected chi connectivity index (χ4v) is 2.79. The topological polar surface area (TPSA) is 90.7 Å².